The average Bonchev–Trinajstić information content (AvgIpc) is 2.77. The van der Waals surface area contributed by atoms with Crippen LogP contribution < -0.4 is 10.5 Å². The van der Waals surface area contributed by atoms with Gasteiger partial charge in [0.2, 0.25) is 10.0 Å². The van der Waals surface area contributed by atoms with Gasteiger partial charge in [0.15, 0.2) is 0 Å². The SMILES string of the molecule is CCC(C(N)=S)S(=O)(=O)NCCCc1ncn[nH]1. The lowest BCUT2D eigenvalue weighted by molar-refractivity contribution is 0.571. The molecule has 0 aliphatic heterocycles. The number of rotatable bonds is 8. The fourth-order valence-electron chi connectivity index (χ4n) is 1.50. The molecule has 0 fully saturated rings. The second kappa shape index (κ2) is 6.76. The number of thiocarbonyl (C=S) groups is 1. The van der Waals surface area contributed by atoms with Crippen molar-refractivity contribution in [2.45, 2.75) is 31.4 Å². The molecule has 0 radical (unpaired) electrons. The minimum Gasteiger partial charge on any atom is -0.392 e. The number of aryl methyl sites for hydroxylation is 1. The standard InChI is InChI=1S/C9H17N5O2S2/c1-2-7(9(10)17)18(15,16)13-5-3-4-8-11-6-12-14-8/h6-7,13H,2-5H2,1H3,(H2,10,17)(H,11,12,14). The van der Waals surface area contributed by atoms with E-state index >= 15 is 0 Å². The van der Waals surface area contributed by atoms with Gasteiger partial charge in [0.05, 0.1) is 4.99 Å². The lowest BCUT2D eigenvalue weighted by Crippen LogP contribution is -2.42. The average molecular weight is 291 g/mol. The fourth-order valence-corrected chi connectivity index (χ4v) is 3.42. The number of nitrogens with zero attached hydrogens (tertiary/aromatic N) is 2. The topological polar surface area (TPSA) is 114 Å². The molecule has 1 rings (SSSR count). The molecule has 0 saturated heterocycles. The van der Waals surface area contributed by atoms with Crippen LogP contribution in [-0.4, -0.2) is 40.4 Å². The minimum atomic E-state index is -3.48. The number of hydrogen-bond donors (Lipinski definition) is 3. The van der Waals surface area contributed by atoms with Gasteiger partial charge in [0, 0.05) is 13.0 Å². The van der Waals surface area contributed by atoms with Crippen molar-refractivity contribution in [3.05, 3.63) is 12.2 Å². The van der Waals surface area contributed by atoms with Crippen molar-refractivity contribution in [3.8, 4) is 0 Å². The van der Waals surface area contributed by atoms with Gasteiger partial charge in [-0.2, -0.15) is 5.10 Å². The summed E-state index contributed by atoms with van der Waals surface area (Å²) in [4.78, 5) is 3.95. The smallest absolute Gasteiger partial charge is 0.220 e. The Morgan fingerprint density at radius 2 is 2.39 bits per heavy atom. The van der Waals surface area contributed by atoms with Gasteiger partial charge in [-0.15, -0.1) is 0 Å². The van der Waals surface area contributed by atoms with Crippen molar-refractivity contribution >= 4 is 27.2 Å². The maximum atomic E-state index is 11.9. The van der Waals surface area contributed by atoms with Crippen LogP contribution in [0.4, 0.5) is 0 Å². The third-order valence-corrected chi connectivity index (χ3v) is 4.80. The van der Waals surface area contributed by atoms with E-state index in [1.807, 2.05) is 0 Å². The normalized spacial score (nSPS) is 13.4. The molecular formula is C9H17N5O2S2. The zero-order valence-electron chi connectivity index (χ0n) is 10.1. The van der Waals surface area contributed by atoms with Gasteiger partial charge in [0.25, 0.3) is 0 Å². The second-order valence-corrected chi connectivity index (χ2v) is 6.19. The molecule has 0 aliphatic rings. The summed E-state index contributed by atoms with van der Waals surface area (Å²) in [6.45, 7) is 2.06. The van der Waals surface area contributed by atoms with Crippen LogP contribution in [0.3, 0.4) is 0 Å². The monoisotopic (exact) mass is 291 g/mol. The Hall–Kier alpha value is -1.06. The van der Waals surface area contributed by atoms with Crippen LogP contribution in [0.1, 0.15) is 25.6 Å². The quantitative estimate of drug-likeness (QED) is 0.448. The van der Waals surface area contributed by atoms with Gasteiger partial charge in [-0.3, -0.25) is 5.10 Å². The summed E-state index contributed by atoms with van der Waals surface area (Å²) in [7, 11) is -3.48. The van der Waals surface area contributed by atoms with Crippen LogP contribution in [-0.2, 0) is 16.4 Å². The number of aromatic nitrogens is 3. The maximum Gasteiger partial charge on any atom is 0.220 e. The molecule has 7 nitrogen and oxygen atoms in total. The van der Waals surface area contributed by atoms with Gasteiger partial charge in [-0.05, 0) is 12.8 Å². The molecular weight excluding hydrogens is 274 g/mol. The second-order valence-electron chi connectivity index (χ2n) is 3.77. The molecule has 0 bridgehead atoms. The Labute approximate surface area is 112 Å². The molecule has 0 spiro atoms. The third kappa shape index (κ3) is 4.31. The molecule has 1 aromatic heterocycles. The number of sulfonamides is 1. The molecule has 4 N–H and O–H groups in total. The maximum absolute atomic E-state index is 11.9. The first-order chi connectivity index (χ1) is 8.47. The van der Waals surface area contributed by atoms with Gasteiger partial charge < -0.3 is 5.73 Å². The van der Waals surface area contributed by atoms with Gasteiger partial charge in [0.1, 0.15) is 17.4 Å². The summed E-state index contributed by atoms with van der Waals surface area (Å²) in [5, 5.41) is 5.61. The third-order valence-electron chi connectivity index (χ3n) is 2.42. The summed E-state index contributed by atoms with van der Waals surface area (Å²) in [6, 6.07) is 0. The number of hydrogen-bond acceptors (Lipinski definition) is 5. The van der Waals surface area contributed by atoms with E-state index in [9.17, 15) is 8.42 Å². The zero-order chi connectivity index (χ0) is 13.6. The number of nitrogens with one attached hydrogen (secondary N) is 2. The number of nitrogens with two attached hydrogens (primary N) is 1. The first-order valence-corrected chi connectivity index (χ1v) is 7.55. The molecule has 18 heavy (non-hydrogen) atoms. The fraction of sp³-hybridized carbons (Fsp3) is 0.667. The van der Waals surface area contributed by atoms with Gasteiger partial charge in [-0.25, -0.2) is 18.1 Å². The van der Waals surface area contributed by atoms with E-state index in [1.54, 1.807) is 6.92 Å². The Bertz CT molecular complexity index is 471. The lowest BCUT2D eigenvalue weighted by atomic mass is 10.3. The van der Waals surface area contributed by atoms with E-state index in [-0.39, 0.29) is 4.99 Å². The van der Waals surface area contributed by atoms with Crippen molar-refractivity contribution in [1.29, 1.82) is 0 Å². The largest absolute Gasteiger partial charge is 0.392 e. The summed E-state index contributed by atoms with van der Waals surface area (Å²) in [5.41, 5.74) is 5.40. The van der Waals surface area contributed by atoms with Crippen molar-refractivity contribution < 1.29 is 8.42 Å². The highest BCUT2D eigenvalue weighted by atomic mass is 32.2. The molecule has 1 atom stereocenters. The highest BCUT2D eigenvalue weighted by Crippen LogP contribution is 2.05. The molecule has 0 amide bonds. The van der Waals surface area contributed by atoms with E-state index in [0.29, 0.717) is 25.8 Å². The van der Waals surface area contributed by atoms with Crippen molar-refractivity contribution in [2.75, 3.05) is 6.54 Å². The van der Waals surface area contributed by atoms with Crippen LogP contribution in [0.2, 0.25) is 0 Å². The molecule has 1 unspecified atom stereocenters. The number of H-pyrrole nitrogens is 1. The van der Waals surface area contributed by atoms with Crippen LogP contribution in [0, 0.1) is 0 Å². The molecule has 1 heterocycles. The lowest BCUT2D eigenvalue weighted by Gasteiger charge is -2.14. The van der Waals surface area contributed by atoms with E-state index in [2.05, 4.69) is 19.9 Å². The van der Waals surface area contributed by atoms with Crippen LogP contribution in [0.25, 0.3) is 0 Å². The van der Waals surface area contributed by atoms with Crippen LogP contribution in [0.15, 0.2) is 6.33 Å². The summed E-state index contributed by atoms with van der Waals surface area (Å²) in [6.07, 6.45) is 3.04. The molecule has 1 aromatic rings. The first-order valence-electron chi connectivity index (χ1n) is 5.59. The highest BCUT2D eigenvalue weighted by Gasteiger charge is 2.25. The molecule has 9 heteroatoms. The predicted octanol–water partition coefficient (Wildman–Crippen LogP) is -0.279. The minimum absolute atomic E-state index is 0.000217. The van der Waals surface area contributed by atoms with E-state index in [1.165, 1.54) is 6.33 Å². The van der Waals surface area contributed by atoms with Crippen LogP contribution in [0.5, 0.6) is 0 Å². The Balaban J connectivity index is 2.39. The molecule has 0 aromatic carbocycles. The Morgan fingerprint density at radius 1 is 1.67 bits per heavy atom. The van der Waals surface area contributed by atoms with Crippen molar-refractivity contribution in [3.63, 3.8) is 0 Å². The van der Waals surface area contributed by atoms with Crippen molar-refractivity contribution in [2.24, 2.45) is 5.73 Å². The Morgan fingerprint density at radius 3 is 2.89 bits per heavy atom. The summed E-state index contributed by atoms with van der Waals surface area (Å²) in [5.74, 6) is 0.732. The van der Waals surface area contributed by atoms with Gasteiger partial charge in [-0.1, -0.05) is 19.1 Å². The van der Waals surface area contributed by atoms with Crippen LogP contribution >= 0.6 is 12.2 Å². The summed E-state index contributed by atoms with van der Waals surface area (Å²) < 4.78 is 26.2. The van der Waals surface area contributed by atoms with E-state index < -0.39 is 15.3 Å². The highest BCUT2D eigenvalue weighted by molar-refractivity contribution is 7.93. The summed E-state index contributed by atoms with van der Waals surface area (Å²) >= 11 is 4.74. The predicted molar refractivity (Wildman–Crippen MR) is 72.5 cm³/mol. The molecule has 0 saturated carbocycles. The van der Waals surface area contributed by atoms with Gasteiger partial charge >= 0.3 is 0 Å². The first kappa shape index (κ1) is 15.0. The van der Waals surface area contributed by atoms with Crippen molar-refractivity contribution in [1.82, 2.24) is 19.9 Å². The Kier molecular flexibility index (Phi) is 5.63. The molecule has 102 valence electrons. The molecule has 0 aliphatic carbocycles. The van der Waals surface area contributed by atoms with E-state index in [0.717, 1.165) is 5.82 Å². The number of aromatic amines is 1. The zero-order valence-corrected chi connectivity index (χ0v) is 11.7. The van der Waals surface area contributed by atoms with E-state index in [4.69, 9.17) is 18.0 Å².